The first-order valence-corrected chi connectivity index (χ1v) is 4.79. The molecule has 5 atom stereocenters. The fourth-order valence-electron chi connectivity index (χ4n) is 1.64. The van der Waals surface area contributed by atoms with Gasteiger partial charge in [-0.05, 0) is 6.42 Å². The first-order valence-electron chi connectivity index (χ1n) is 4.79. The minimum absolute atomic E-state index is 0.197. The summed E-state index contributed by atoms with van der Waals surface area (Å²) in [5.74, 6) is 0. The van der Waals surface area contributed by atoms with Crippen molar-refractivity contribution in [2.75, 3.05) is 7.11 Å². The number of hydrogen-bond donors (Lipinski definition) is 2. The average molecular weight is 220 g/mol. The second-order valence-corrected chi connectivity index (χ2v) is 3.36. The molecule has 2 N–H and O–H groups in total. The van der Waals surface area contributed by atoms with Gasteiger partial charge in [0.1, 0.15) is 12.2 Å². The molecule has 6 nitrogen and oxygen atoms in total. The van der Waals surface area contributed by atoms with Crippen LogP contribution in [0.5, 0.6) is 0 Å². The highest BCUT2D eigenvalue weighted by atomic mass is 16.7. The van der Waals surface area contributed by atoms with Gasteiger partial charge in [-0.3, -0.25) is 4.79 Å². The van der Waals surface area contributed by atoms with E-state index in [0.29, 0.717) is 6.42 Å². The number of carbonyl (C=O) groups is 1. The van der Waals surface area contributed by atoms with Gasteiger partial charge >= 0.3 is 0 Å². The van der Waals surface area contributed by atoms with Crippen molar-refractivity contribution < 1.29 is 29.2 Å². The van der Waals surface area contributed by atoms with Crippen molar-refractivity contribution in [3.05, 3.63) is 0 Å². The Morgan fingerprint density at radius 3 is 2.53 bits per heavy atom. The standard InChI is InChI=1S/C9H16O6/c1-3-5-6(11)7(12)8(14-4-10)9(13-2)15-5/h4-9,11-12H,3H2,1-2H3/t5?,6-,7?,8?,9+/m1/s1. The van der Waals surface area contributed by atoms with Crippen molar-refractivity contribution in [2.24, 2.45) is 0 Å². The molecule has 0 aromatic carbocycles. The summed E-state index contributed by atoms with van der Waals surface area (Å²) in [6.07, 6.45) is -4.10. The van der Waals surface area contributed by atoms with Crippen molar-refractivity contribution in [2.45, 2.75) is 44.1 Å². The van der Waals surface area contributed by atoms with Gasteiger partial charge < -0.3 is 24.4 Å². The van der Waals surface area contributed by atoms with Gasteiger partial charge in [-0.2, -0.15) is 0 Å². The van der Waals surface area contributed by atoms with Gasteiger partial charge in [-0.25, -0.2) is 0 Å². The summed E-state index contributed by atoms with van der Waals surface area (Å²) in [6, 6.07) is 0. The van der Waals surface area contributed by atoms with Crippen molar-refractivity contribution >= 4 is 6.47 Å². The molecule has 1 saturated heterocycles. The largest absolute Gasteiger partial charge is 0.456 e. The highest BCUT2D eigenvalue weighted by molar-refractivity contribution is 5.37. The molecule has 0 aromatic rings. The number of aliphatic hydroxyl groups is 2. The van der Waals surface area contributed by atoms with E-state index >= 15 is 0 Å². The van der Waals surface area contributed by atoms with Crippen LogP contribution in [0.4, 0.5) is 0 Å². The summed E-state index contributed by atoms with van der Waals surface area (Å²) in [7, 11) is 1.38. The molecule has 1 heterocycles. The fourth-order valence-corrected chi connectivity index (χ4v) is 1.64. The van der Waals surface area contributed by atoms with Gasteiger partial charge in [0.25, 0.3) is 6.47 Å². The topological polar surface area (TPSA) is 85.2 Å². The van der Waals surface area contributed by atoms with Crippen LogP contribution >= 0.6 is 0 Å². The Balaban J connectivity index is 2.74. The molecule has 1 fully saturated rings. The van der Waals surface area contributed by atoms with Crippen LogP contribution in [-0.4, -0.2) is 54.5 Å². The molecule has 1 aliphatic heterocycles. The molecule has 0 aliphatic carbocycles. The van der Waals surface area contributed by atoms with Gasteiger partial charge in [0, 0.05) is 7.11 Å². The van der Waals surface area contributed by atoms with Crippen LogP contribution in [0.25, 0.3) is 0 Å². The van der Waals surface area contributed by atoms with E-state index in [4.69, 9.17) is 9.47 Å². The van der Waals surface area contributed by atoms with E-state index in [1.807, 2.05) is 6.92 Å². The predicted octanol–water partition coefficient (Wildman–Crippen LogP) is -0.969. The lowest BCUT2D eigenvalue weighted by molar-refractivity contribution is -0.291. The number of ether oxygens (including phenoxy) is 3. The summed E-state index contributed by atoms with van der Waals surface area (Å²) < 4.78 is 14.9. The molecule has 6 heteroatoms. The zero-order chi connectivity index (χ0) is 11.4. The van der Waals surface area contributed by atoms with Crippen LogP contribution in [-0.2, 0) is 19.0 Å². The van der Waals surface area contributed by atoms with E-state index in [9.17, 15) is 15.0 Å². The van der Waals surface area contributed by atoms with Crippen LogP contribution < -0.4 is 0 Å². The van der Waals surface area contributed by atoms with E-state index in [2.05, 4.69) is 4.74 Å². The molecule has 0 aromatic heterocycles. The Morgan fingerprint density at radius 1 is 1.40 bits per heavy atom. The highest BCUT2D eigenvalue weighted by Crippen LogP contribution is 2.25. The summed E-state index contributed by atoms with van der Waals surface area (Å²) in [4.78, 5) is 10.2. The monoisotopic (exact) mass is 220 g/mol. The predicted molar refractivity (Wildman–Crippen MR) is 48.9 cm³/mol. The van der Waals surface area contributed by atoms with Crippen LogP contribution in [0.2, 0.25) is 0 Å². The lowest BCUT2D eigenvalue weighted by Gasteiger charge is -2.40. The van der Waals surface area contributed by atoms with Crippen LogP contribution in [0.1, 0.15) is 13.3 Å². The number of methoxy groups -OCH3 is 1. The van der Waals surface area contributed by atoms with Gasteiger partial charge in [0.15, 0.2) is 12.4 Å². The maximum Gasteiger partial charge on any atom is 0.293 e. The molecule has 88 valence electrons. The van der Waals surface area contributed by atoms with Crippen molar-refractivity contribution in [3.8, 4) is 0 Å². The molecule has 0 saturated carbocycles. The molecule has 0 spiro atoms. The Hall–Kier alpha value is -0.690. The van der Waals surface area contributed by atoms with Crippen molar-refractivity contribution in [1.82, 2.24) is 0 Å². The maximum absolute atomic E-state index is 10.2. The van der Waals surface area contributed by atoms with Crippen molar-refractivity contribution in [3.63, 3.8) is 0 Å². The van der Waals surface area contributed by atoms with Crippen LogP contribution in [0.3, 0.4) is 0 Å². The third-order valence-electron chi connectivity index (χ3n) is 2.49. The summed E-state index contributed by atoms with van der Waals surface area (Å²) in [6.45, 7) is 2.01. The van der Waals surface area contributed by atoms with E-state index in [0.717, 1.165) is 0 Å². The number of rotatable bonds is 4. The minimum atomic E-state index is -1.20. The van der Waals surface area contributed by atoms with E-state index in [-0.39, 0.29) is 6.47 Å². The van der Waals surface area contributed by atoms with Gasteiger partial charge in [-0.1, -0.05) is 6.92 Å². The smallest absolute Gasteiger partial charge is 0.293 e. The van der Waals surface area contributed by atoms with Gasteiger partial charge in [-0.15, -0.1) is 0 Å². The zero-order valence-corrected chi connectivity index (χ0v) is 8.70. The summed E-state index contributed by atoms with van der Waals surface area (Å²) in [5.41, 5.74) is 0. The second-order valence-electron chi connectivity index (χ2n) is 3.36. The molecule has 0 amide bonds. The average Bonchev–Trinajstić information content (AvgIpc) is 2.25. The second kappa shape index (κ2) is 5.41. The zero-order valence-electron chi connectivity index (χ0n) is 8.70. The van der Waals surface area contributed by atoms with Gasteiger partial charge in [0.05, 0.1) is 6.10 Å². The van der Waals surface area contributed by atoms with E-state index < -0.39 is 30.7 Å². The lowest BCUT2D eigenvalue weighted by Crippen LogP contribution is -2.58. The summed E-state index contributed by atoms with van der Waals surface area (Å²) >= 11 is 0. The van der Waals surface area contributed by atoms with Crippen molar-refractivity contribution in [1.29, 1.82) is 0 Å². The van der Waals surface area contributed by atoms with Crippen LogP contribution in [0, 0.1) is 0 Å². The molecule has 0 radical (unpaired) electrons. The van der Waals surface area contributed by atoms with E-state index in [1.54, 1.807) is 0 Å². The molecular formula is C9H16O6. The first-order chi connectivity index (χ1) is 7.15. The third-order valence-corrected chi connectivity index (χ3v) is 2.49. The summed E-state index contributed by atoms with van der Waals surface area (Å²) in [5, 5.41) is 19.3. The maximum atomic E-state index is 10.2. The molecule has 1 aliphatic rings. The molecule has 15 heavy (non-hydrogen) atoms. The number of hydrogen-bond acceptors (Lipinski definition) is 6. The fraction of sp³-hybridized carbons (Fsp3) is 0.889. The first kappa shape index (κ1) is 12.4. The third kappa shape index (κ3) is 2.46. The SMILES string of the molecule is CCC1O[C@H](OC)C(OC=O)C(O)[C@@H]1O. The minimum Gasteiger partial charge on any atom is -0.456 e. The van der Waals surface area contributed by atoms with E-state index in [1.165, 1.54) is 7.11 Å². The molecule has 1 rings (SSSR count). The highest BCUT2D eigenvalue weighted by Gasteiger charge is 2.45. The van der Waals surface area contributed by atoms with Crippen LogP contribution in [0.15, 0.2) is 0 Å². The lowest BCUT2D eigenvalue weighted by atomic mass is 9.97. The Bertz CT molecular complexity index is 207. The quantitative estimate of drug-likeness (QED) is 0.593. The molecular weight excluding hydrogens is 204 g/mol. The normalized spacial score (nSPS) is 41.2. The molecule has 3 unspecified atom stereocenters. The molecule has 0 bridgehead atoms. The Morgan fingerprint density at radius 2 is 2.07 bits per heavy atom. The number of aliphatic hydroxyl groups excluding tert-OH is 2. The van der Waals surface area contributed by atoms with Gasteiger partial charge in [0.2, 0.25) is 0 Å². The number of carbonyl (C=O) groups excluding carboxylic acids is 1. The Kier molecular flexibility index (Phi) is 4.46. The Labute approximate surface area is 87.7 Å².